The summed E-state index contributed by atoms with van der Waals surface area (Å²) in [6.07, 6.45) is 4.03. The molecule has 3 N–H and O–H groups in total. The Morgan fingerprint density at radius 1 is 1.16 bits per heavy atom. The molecule has 0 saturated carbocycles. The molecule has 0 spiro atoms. The van der Waals surface area contributed by atoms with E-state index in [1.54, 1.807) is 12.5 Å². The molecule has 2 aromatic heterocycles. The first-order valence-electron chi connectivity index (χ1n) is 6.07. The standard InChI is InChI=1S/C14H14N4O/c15-18-13(8-10-4-3-7-19-10)14-9-16-11-5-1-2-6-12(11)17-14/h1-7,9,13,18H,8,15H2. The molecule has 0 amide bonds. The number of rotatable bonds is 4. The van der Waals surface area contributed by atoms with Gasteiger partial charge in [0.25, 0.3) is 0 Å². The smallest absolute Gasteiger partial charge is 0.105 e. The van der Waals surface area contributed by atoms with Crippen molar-refractivity contribution in [3.05, 3.63) is 60.3 Å². The van der Waals surface area contributed by atoms with Crippen molar-refractivity contribution in [2.75, 3.05) is 0 Å². The van der Waals surface area contributed by atoms with Gasteiger partial charge in [0, 0.05) is 6.42 Å². The van der Waals surface area contributed by atoms with Crippen molar-refractivity contribution in [1.82, 2.24) is 15.4 Å². The third-order valence-electron chi connectivity index (χ3n) is 3.01. The summed E-state index contributed by atoms with van der Waals surface area (Å²) in [5, 5.41) is 0. The molecule has 5 nitrogen and oxygen atoms in total. The van der Waals surface area contributed by atoms with Crippen LogP contribution in [0.25, 0.3) is 11.0 Å². The topological polar surface area (TPSA) is 77.0 Å². The Morgan fingerprint density at radius 3 is 2.74 bits per heavy atom. The van der Waals surface area contributed by atoms with Crippen LogP contribution < -0.4 is 11.3 Å². The average Bonchev–Trinajstić information content (AvgIpc) is 2.97. The van der Waals surface area contributed by atoms with Crippen LogP contribution in [0, 0.1) is 0 Å². The first-order chi connectivity index (χ1) is 9.36. The molecule has 96 valence electrons. The van der Waals surface area contributed by atoms with Gasteiger partial charge >= 0.3 is 0 Å². The summed E-state index contributed by atoms with van der Waals surface area (Å²) in [6, 6.07) is 11.4. The van der Waals surface area contributed by atoms with E-state index in [-0.39, 0.29) is 6.04 Å². The molecule has 3 aromatic rings. The average molecular weight is 254 g/mol. The number of nitrogens with one attached hydrogen (secondary N) is 1. The third kappa shape index (κ3) is 2.47. The lowest BCUT2D eigenvalue weighted by Gasteiger charge is -2.14. The molecule has 2 heterocycles. The van der Waals surface area contributed by atoms with E-state index < -0.39 is 0 Å². The maximum atomic E-state index is 5.61. The van der Waals surface area contributed by atoms with Gasteiger partial charge in [0.05, 0.1) is 35.2 Å². The Morgan fingerprint density at radius 2 is 2.00 bits per heavy atom. The minimum atomic E-state index is -0.122. The second-order valence-electron chi connectivity index (χ2n) is 4.29. The fourth-order valence-corrected chi connectivity index (χ4v) is 2.02. The van der Waals surface area contributed by atoms with Gasteiger partial charge < -0.3 is 4.42 Å². The Labute approximate surface area is 110 Å². The minimum Gasteiger partial charge on any atom is -0.469 e. The second-order valence-corrected chi connectivity index (χ2v) is 4.29. The highest BCUT2D eigenvalue weighted by atomic mass is 16.3. The van der Waals surface area contributed by atoms with Gasteiger partial charge in [0.1, 0.15) is 5.76 Å². The molecular weight excluding hydrogens is 240 g/mol. The van der Waals surface area contributed by atoms with Crippen LogP contribution in [-0.4, -0.2) is 9.97 Å². The summed E-state index contributed by atoms with van der Waals surface area (Å²) in [6.45, 7) is 0. The number of nitrogens with zero attached hydrogens (tertiary/aromatic N) is 2. The summed E-state index contributed by atoms with van der Waals surface area (Å²) < 4.78 is 5.33. The summed E-state index contributed by atoms with van der Waals surface area (Å²) in [7, 11) is 0. The van der Waals surface area contributed by atoms with Crippen molar-refractivity contribution in [1.29, 1.82) is 0 Å². The first kappa shape index (κ1) is 11.8. The van der Waals surface area contributed by atoms with Crippen LogP contribution in [0.3, 0.4) is 0 Å². The van der Waals surface area contributed by atoms with Gasteiger partial charge in [0.2, 0.25) is 0 Å². The summed E-state index contributed by atoms with van der Waals surface area (Å²) >= 11 is 0. The van der Waals surface area contributed by atoms with E-state index in [0.29, 0.717) is 6.42 Å². The van der Waals surface area contributed by atoms with E-state index in [1.165, 1.54) is 0 Å². The van der Waals surface area contributed by atoms with E-state index in [4.69, 9.17) is 10.3 Å². The molecule has 0 aliphatic carbocycles. The van der Waals surface area contributed by atoms with Crippen LogP contribution in [0.2, 0.25) is 0 Å². The molecule has 3 rings (SSSR count). The van der Waals surface area contributed by atoms with Gasteiger partial charge in [-0.3, -0.25) is 16.3 Å². The Balaban J connectivity index is 1.92. The monoisotopic (exact) mass is 254 g/mol. The normalized spacial score (nSPS) is 12.7. The van der Waals surface area contributed by atoms with E-state index in [0.717, 1.165) is 22.5 Å². The summed E-state index contributed by atoms with van der Waals surface area (Å²) in [5.74, 6) is 6.47. The lowest BCUT2D eigenvalue weighted by Crippen LogP contribution is -2.30. The zero-order valence-electron chi connectivity index (χ0n) is 10.3. The van der Waals surface area contributed by atoms with Crippen LogP contribution in [-0.2, 0) is 6.42 Å². The molecule has 5 heteroatoms. The van der Waals surface area contributed by atoms with Gasteiger partial charge in [0.15, 0.2) is 0 Å². The fraction of sp³-hybridized carbons (Fsp3) is 0.143. The molecule has 1 aromatic carbocycles. The number of nitrogens with two attached hydrogens (primary N) is 1. The Bertz CT molecular complexity index is 666. The fourth-order valence-electron chi connectivity index (χ4n) is 2.02. The molecule has 0 saturated heterocycles. The van der Waals surface area contributed by atoms with Gasteiger partial charge in [-0.25, -0.2) is 4.98 Å². The number of aromatic nitrogens is 2. The molecule has 0 fully saturated rings. The molecule has 1 unspecified atom stereocenters. The highest BCUT2D eigenvalue weighted by molar-refractivity contribution is 5.73. The third-order valence-corrected chi connectivity index (χ3v) is 3.01. The Hall–Kier alpha value is -2.24. The number of furan rings is 1. The number of fused-ring (bicyclic) bond motifs is 1. The molecule has 0 aliphatic rings. The molecular formula is C14H14N4O. The molecule has 0 radical (unpaired) electrons. The zero-order chi connectivity index (χ0) is 13.1. The van der Waals surface area contributed by atoms with Gasteiger partial charge in [-0.2, -0.15) is 0 Å². The first-order valence-corrected chi connectivity index (χ1v) is 6.07. The van der Waals surface area contributed by atoms with Crippen molar-refractivity contribution in [2.24, 2.45) is 5.84 Å². The van der Waals surface area contributed by atoms with Crippen LogP contribution in [0.15, 0.2) is 53.3 Å². The van der Waals surface area contributed by atoms with Gasteiger partial charge in [-0.05, 0) is 24.3 Å². The SMILES string of the molecule is NNC(Cc1ccco1)c1cnc2ccccc2n1. The predicted octanol–water partition coefficient (Wildman–Crippen LogP) is 1.97. The number of para-hydroxylation sites is 2. The molecule has 19 heavy (non-hydrogen) atoms. The maximum Gasteiger partial charge on any atom is 0.105 e. The van der Waals surface area contributed by atoms with E-state index in [1.807, 2.05) is 36.4 Å². The van der Waals surface area contributed by atoms with Gasteiger partial charge in [-0.15, -0.1) is 0 Å². The number of hydrazine groups is 1. The second kappa shape index (κ2) is 5.17. The number of hydrogen-bond acceptors (Lipinski definition) is 5. The molecule has 1 atom stereocenters. The van der Waals surface area contributed by atoms with Crippen LogP contribution in [0.4, 0.5) is 0 Å². The van der Waals surface area contributed by atoms with Crippen molar-refractivity contribution < 1.29 is 4.42 Å². The zero-order valence-corrected chi connectivity index (χ0v) is 10.3. The van der Waals surface area contributed by atoms with Gasteiger partial charge in [-0.1, -0.05) is 12.1 Å². The van der Waals surface area contributed by atoms with E-state index in [2.05, 4.69) is 15.4 Å². The van der Waals surface area contributed by atoms with E-state index in [9.17, 15) is 0 Å². The predicted molar refractivity (Wildman–Crippen MR) is 72.0 cm³/mol. The number of hydrogen-bond donors (Lipinski definition) is 2. The largest absolute Gasteiger partial charge is 0.469 e. The van der Waals surface area contributed by atoms with Crippen LogP contribution in [0.5, 0.6) is 0 Å². The summed E-state index contributed by atoms with van der Waals surface area (Å²) in [4.78, 5) is 8.97. The van der Waals surface area contributed by atoms with E-state index >= 15 is 0 Å². The molecule has 0 aliphatic heterocycles. The highest BCUT2D eigenvalue weighted by Crippen LogP contribution is 2.18. The van der Waals surface area contributed by atoms with Crippen molar-refractivity contribution in [2.45, 2.75) is 12.5 Å². The van der Waals surface area contributed by atoms with Crippen molar-refractivity contribution in [3.8, 4) is 0 Å². The highest BCUT2D eigenvalue weighted by Gasteiger charge is 2.14. The van der Waals surface area contributed by atoms with Crippen LogP contribution in [0.1, 0.15) is 17.5 Å². The number of benzene rings is 1. The van der Waals surface area contributed by atoms with Crippen LogP contribution >= 0.6 is 0 Å². The molecule has 0 bridgehead atoms. The lowest BCUT2D eigenvalue weighted by molar-refractivity contribution is 0.449. The Kier molecular flexibility index (Phi) is 3.22. The van der Waals surface area contributed by atoms with Crippen molar-refractivity contribution >= 4 is 11.0 Å². The minimum absolute atomic E-state index is 0.122. The summed E-state index contributed by atoms with van der Waals surface area (Å²) in [5.41, 5.74) is 5.30. The maximum absolute atomic E-state index is 5.61. The lowest BCUT2D eigenvalue weighted by atomic mass is 10.1. The van der Waals surface area contributed by atoms with Crippen molar-refractivity contribution in [3.63, 3.8) is 0 Å². The quantitative estimate of drug-likeness (QED) is 0.550.